The zero-order chi connectivity index (χ0) is 13.5. The van der Waals surface area contributed by atoms with Crippen LogP contribution in [0.5, 0.6) is 0 Å². The lowest BCUT2D eigenvalue weighted by Gasteiger charge is -2.08. The van der Waals surface area contributed by atoms with E-state index in [9.17, 15) is 9.59 Å². The van der Waals surface area contributed by atoms with Crippen LogP contribution in [0.25, 0.3) is 0 Å². The normalized spacial score (nSPS) is 19.5. The summed E-state index contributed by atoms with van der Waals surface area (Å²) >= 11 is 6.41. The summed E-state index contributed by atoms with van der Waals surface area (Å²) in [7, 11) is 0. The fraction of sp³-hybridized carbons (Fsp3) is 0.600. The van der Waals surface area contributed by atoms with Crippen LogP contribution in [-0.4, -0.2) is 37.3 Å². The van der Waals surface area contributed by atoms with Gasteiger partial charge in [-0.3, -0.25) is 9.59 Å². The van der Waals surface area contributed by atoms with Crippen molar-refractivity contribution in [1.82, 2.24) is 0 Å². The predicted octanol–water partition coefficient (Wildman–Crippen LogP) is 5.35. The average molecular weight is 369 g/mol. The third-order valence-electron chi connectivity index (χ3n) is 2.09. The molecule has 0 N–H and O–H groups in total. The van der Waals surface area contributed by atoms with E-state index in [1.807, 2.05) is 23.5 Å². The molecule has 1 heterocycles. The molecular formula is C15H28O2S4. The topological polar surface area (TPSA) is 34.1 Å². The van der Waals surface area contributed by atoms with Gasteiger partial charge >= 0.3 is 0 Å². The van der Waals surface area contributed by atoms with Crippen molar-refractivity contribution in [3.05, 3.63) is 24.8 Å². The number of hydrogen-bond acceptors (Lipinski definition) is 6. The fourth-order valence-electron chi connectivity index (χ4n) is 1.18. The van der Waals surface area contributed by atoms with Crippen molar-refractivity contribution in [3.63, 3.8) is 0 Å². The summed E-state index contributed by atoms with van der Waals surface area (Å²) in [4.78, 5) is 22.5. The maximum absolute atomic E-state index is 11.4. The minimum absolute atomic E-state index is 0. The Balaban J connectivity index is -0.00000108. The van der Waals surface area contributed by atoms with Gasteiger partial charge in [-0.05, 0) is 18.6 Å². The second kappa shape index (κ2) is 13.9. The van der Waals surface area contributed by atoms with Gasteiger partial charge in [-0.25, -0.2) is 0 Å². The second-order valence-corrected chi connectivity index (χ2v) is 8.79. The van der Waals surface area contributed by atoms with Crippen molar-refractivity contribution >= 4 is 57.3 Å². The van der Waals surface area contributed by atoms with E-state index in [-0.39, 0.29) is 32.5 Å². The number of hydrogen-bond donors (Lipinski definition) is 0. The Morgan fingerprint density at radius 3 is 2.38 bits per heavy atom. The summed E-state index contributed by atoms with van der Waals surface area (Å²) in [5.74, 6) is 2.70. The summed E-state index contributed by atoms with van der Waals surface area (Å²) in [6, 6.07) is 0. The average Bonchev–Trinajstić information content (AvgIpc) is 2.80. The molecule has 0 aliphatic carbocycles. The van der Waals surface area contributed by atoms with E-state index < -0.39 is 0 Å². The first-order valence-electron chi connectivity index (χ1n) is 5.41. The lowest BCUT2D eigenvalue weighted by atomic mass is 10.4. The Kier molecular flexibility index (Phi) is 17.2. The van der Waals surface area contributed by atoms with E-state index >= 15 is 0 Å². The van der Waals surface area contributed by atoms with Crippen molar-refractivity contribution in [2.45, 2.75) is 39.0 Å². The first-order chi connectivity index (χ1) is 8.52. The Morgan fingerprint density at radius 1 is 1.24 bits per heavy atom. The van der Waals surface area contributed by atoms with E-state index in [1.54, 1.807) is 6.92 Å². The third kappa shape index (κ3) is 10.6. The zero-order valence-electron chi connectivity index (χ0n) is 10.2. The highest BCUT2D eigenvalue weighted by Gasteiger charge is 2.27. The molecule has 1 rings (SSSR count). The molecule has 0 bridgehead atoms. The standard InChI is InChI=1S/C12H16O2S4.3CH4/c1-4-10(13)15-7-11-16-5-9(18-11)6-17-12(14)8(2)3;;;/h4,9,11H,1-2,5-7H2,3H3;3*1H4. The Hall–Kier alpha value is 0.220. The lowest BCUT2D eigenvalue weighted by molar-refractivity contribution is -0.108. The first-order valence-corrected chi connectivity index (χ1v) is 9.38. The molecule has 21 heavy (non-hydrogen) atoms. The summed E-state index contributed by atoms with van der Waals surface area (Å²) in [6.45, 7) is 8.84. The molecule has 6 heteroatoms. The monoisotopic (exact) mass is 368 g/mol. The van der Waals surface area contributed by atoms with Crippen molar-refractivity contribution in [1.29, 1.82) is 0 Å². The smallest absolute Gasteiger partial charge is 0.214 e. The van der Waals surface area contributed by atoms with E-state index in [4.69, 9.17) is 0 Å². The predicted molar refractivity (Wildman–Crippen MR) is 108 cm³/mol. The highest BCUT2D eigenvalue weighted by molar-refractivity contribution is 8.23. The molecule has 1 saturated heterocycles. The van der Waals surface area contributed by atoms with Crippen LogP contribution in [0.2, 0.25) is 0 Å². The fourth-order valence-corrected chi connectivity index (χ4v) is 6.63. The van der Waals surface area contributed by atoms with Crippen LogP contribution < -0.4 is 0 Å². The van der Waals surface area contributed by atoms with Crippen molar-refractivity contribution in [3.8, 4) is 0 Å². The van der Waals surface area contributed by atoms with Gasteiger partial charge in [0.2, 0.25) is 10.2 Å². The molecule has 0 aromatic heterocycles. The zero-order valence-corrected chi connectivity index (χ0v) is 13.5. The molecule has 0 saturated carbocycles. The van der Waals surface area contributed by atoms with Crippen LogP contribution in [0.15, 0.2) is 24.8 Å². The highest BCUT2D eigenvalue weighted by atomic mass is 32.2. The van der Waals surface area contributed by atoms with Gasteiger partial charge in [0.1, 0.15) is 0 Å². The Morgan fingerprint density at radius 2 is 1.86 bits per heavy atom. The minimum Gasteiger partial charge on any atom is -0.282 e. The molecule has 0 spiro atoms. The minimum atomic E-state index is 0. The maximum Gasteiger partial charge on any atom is 0.214 e. The van der Waals surface area contributed by atoms with E-state index in [1.165, 1.54) is 29.6 Å². The summed E-state index contributed by atoms with van der Waals surface area (Å²) in [5.41, 5.74) is 0.610. The molecule has 1 fully saturated rings. The quantitative estimate of drug-likeness (QED) is 0.588. The molecule has 124 valence electrons. The van der Waals surface area contributed by atoms with Gasteiger partial charge in [-0.1, -0.05) is 59.0 Å². The molecule has 2 nitrogen and oxygen atoms in total. The van der Waals surface area contributed by atoms with Gasteiger partial charge in [-0.15, -0.1) is 23.5 Å². The highest BCUT2D eigenvalue weighted by Crippen LogP contribution is 2.41. The largest absolute Gasteiger partial charge is 0.282 e. The first kappa shape index (κ1) is 26.1. The third-order valence-corrected chi connectivity index (χ3v) is 8.13. The van der Waals surface area contributed by atoms with Crippen LogP contribution in [0, 0.1) is 0 Å². The Bertz CT molecular complexity index is 356. The summed E-state index contributed by atoms with van der Waals surface area (Å²) < 4.78 is 0.449. The van der Waals surface area contributed by atoms with Gasteiger partial charge in [0.05, 0.1) is 4.58 Å². The molecular weight excluding hydrogens is 340 g/mol. The van der Waals surface area contributed by atoms with Gasteiger partial charge in [-0.2, -0.15) is 0 Å². The van der Waals surface area contributed by atoms with Crippen molar-refractivity contribution < 1.29 is 9.59 Å². The summed E-state index contributed by atoms with van der Waals surface area (Å²) in [6.07, 6.45) is 1.35. The number of carbonyl (C=O) groups is 2. The van der Waals surface area contributed by atoms with Gasteiger partial charge in [0.25, 0.3) is 0 Å². The van der Waals surface area contributed by atoms with Gasteiger partial charge in [0.15, 0.2) is 0 Å². The number of carbonyl (C=O) groups excluding carboxylic acids is 2. The van der Waals surface area contributed by atoms with E-state index in [2.05, 4.69) is 13.2 Å². The summed E-state index contributed by atoms with van der Waals surface area (Å²) in [5, 5.41) is 0.611. The van der Waals surface area contributed by atoms with Crippen molar-refractivity contribution in [2.75, 3.05) is 17.3 Å². The van der Waals surface area contributed by atoms with E-state index in [0.717, 1.165) is 17.3 Å². The molecule has 1 aliphatic rings. The van der Waals surface area contributed by atoms with Crippen LogP contribution in [0.1, 0.15) is 29.2 Å². The van der Waals surface area contributed by atoms with Gasteiger partial charge < -0.3 is 0 Å². The van der Waals surface area contributed by atoms with Gasteiger partial charge in [0, 0.05) is 22.5 Å². The molecule has 0 aromatic carbocycles. The number of thioether (sulfide) groups is 4. The van der Waals surface area contributed by atoms with Crippen LogP contribution >= 0.6 is 47.0 Å². The number of rotatable bonds is 6. The lowest BCUT2D eigenvalue weighted by Crippen LogP contribution is -2.08. The SMILES string of the molecule is C.C.C.C=CC(=O)SCC1SCC(CSC(=O)C(=C)C)S1. The van der Waals surface area contributed by atoms with Crippen LogP contribution in [0.4, 0.5) is 0 Å². The van der Waals surface area contributed by atoms with Crippen LogP contribution in [-0.2, 0) is 9.59 Å². The second-order valence-electron chi connectivity index (χ2n) is 3.73. The molecule has 1 aliphatic heterocycles. The van der Waals surface area contributed by atoms with Crippen molar-refractivity contribution in [2.24, 2.45) is 0 Å². The molecule has 2 unspecified atom stereocenters. The Labute approximate surface area is 147 Å². The van der Waals surface area contributed by atoms with Crippen LogP contribution in [0.3, 0.4) is 0 Å². The molecule has 0 aromatic rings. The molecule has 0 radical (unpaired) electrons. The maximum atomic E-state index is 11.4. The van der Waals surface area contributed by atoms with E-state index in [0.29, 0.717) is 15.4 Å². The molecule has 0 amide bonds. The molecule has 2 atom stereocenters.